The van der Waals surface area contributed by atoms with Crippen LogP contribution < -0.4 is 5.32 Å². The number of amides is 1. The van der Waals surface area contributed by atoms with Gasteiger partial charge < -0.3 is 15.2 Å². The number of nitrogens with zero attached hydrogens (tertiary/aromatic N) is 1. The second-order valence-corrected chi connectivity index (χ2v) is 5.91. The molecular weight excluding hydrogens is 296 g/mol. The van der Waals surface area contributed by atoms with Gasteiger partial charge in [-0.05, 0) is 45.7 Å². The Morgan fingerprint density at radius 2 is 2.14 bits per heavy atom. The average Bonchev–Trinajstić information content (AvgIpc) is 2.33. The van der Waals surface area contributed by atoms with Crippen LogP contribution in [0.2, 0.25) is 5.02 Å². The molecule has 0 bridgehead atoms. The second-order valence-electron chi connectivity index (χ2n) is 5.51. The molecule has 0 aliphatic carbocycles. The summed E-state index contributed by atoms with van der Waals surface area (Å²) < 4.78 is 5.04. The lowest BCUT2D eigenvalue weighted by atomic mass is 10.1. The van der Waals surface area contributed by atoms with Crippen molar-refractivity contribution in [3.8, 4) is 0 Å². The van der Waals surface area contributed by atoms with Crippen LogP contribution in [0.3, 0.4) is 0 Å². The summed E-state index contributed by atoms with van der Waals surface area (Å²) >= 11 is 5.96. The van der Waals surface area contributed by atoms with Gasteiger partial charge in [0.15, 0.2) is 0 Å². The fourth-order valence-corrected chi connectivity index (χ4v) is 1.81. The van der Waals surface area contributed by atoms with Gasteiger partial charge in [-0.3, -0.25) is 4.98 Å². The monoisotopic (exact) mass is 314 g/mol. The molecule has 0 aromatic carbocycles. The lowest BCUT2D eigenvalue weighted by Gasteiger charge is -2.22. The first-order valence-corrected chi connectivity index (χ1v) is 6.88. The third-order valence-corrected chi connectivity index (χ3v) is 2.84. The Morgan fingerprint density at radius 3 is 2.67 bits per heavy atom. The third-order valence-electron chi connectivity index (χ3n) is 2.49. The molecule has 1 atom stereocenters. The standard InChI is InChI=1S/C14H19ClN2O4/c1-14(2,3)21-13(20)17-11(12(18)19)7-6-10-9(15)5-4-8-16-10/h4-5,8,11H,6-7H2,1-3H3,(H,17,20)(H,18,19)/t11-/m0/s1. The summed E-state index contributed by atoms with van der Waals surface area (Å²) in [5.74, 6) is -1.13. The van der Waals surface area contributed by atoms with Gasteiger partial charge in [0, 0.05) is 6.20 Å². The van der Waals surface area contributed by atoms with Crippen molar-refractivity contribution in [3.63, 3.8) is 0 Å². The minimum Gasteiger partial charge on any atom is -0.480 e. The highest BCUT2D eigenvalue weighted by Crippen LogP contribution is 2.15. The predicted octanol–water partition coefficient (Wildman–Crippen LogP) is 2.65. The molecule has 116 valence electrons. The van der Waals surface area contributed by atoms with Gasteiger partial charge in [-0.2, -0.15) is 0 Å². The van der Waals surface area contributed by atoms with Crippen molar-refractivity contribution in [2.45, 2.75) is 45.3 Å². The SMILES string of the molecule is CC(C)(C)OC(=O)N[C@@H](CCc1ncccc1Cl)C(=O)O. The number of aliphatic carboxylic acids is 1. The average molecular weight is 315 g/mol. The molecule has 0 aliphatic rings. The summed E-state index contributed by atoms with van der Waals surface area (Å²) in [5, 5.41) is 11.9. The van der Waals surface area contributed by atoms with E-state index in [1.807, 2.05) is 0 Å². The van der Waals surface area contributed by atoms with Crippen LogP contribution in [-0.4, -0.2) is 33.8 Å². The third kappa shape index (κ3) is 6.44. The van der Waals surface area contributed by atoms with Crippen LogP contribution >= 0.6 is 11.6 Å². The number of carbonyl (C=O) groups is 2. The van der Waals surface area contributed by atoms with Crippen LogP contribution in [0.25, 0.3) is 0 Å². The van der Waals surface area contributed by atoms with Gasteiger partial charge in [0.25, 0.3) is 0 Å². The van der Waals surface area contributed by atoms with Crippen LogP contribution in [0.5, 0.6) is 0 Å². The number of aromatic nitrogens is 1. The van der Waals surface area contributed by atoms with Gasteiger partial charge in [-0.1, -0.05) is 11.6 Å². The smallest absolute Gasteiger partial charge is 0.408 e. The highest BCUT2D eigenvalue weighted by Gasteiger charge is 2.24. The van der Waals surface area contributed by atoms with E-state index in [-0.39, 0.29) is 6.42 Å². The van der Waals surface area contributed by atoms with Gasteiger partial charge in [0.2, 0.25) is 0 Å². The molecule has 1 amide bonds. The Bertz CT molecular complexity index is 514. The summed E-state index contributed by atoms with van der Waals surface area (Å²) in [4.78, 5) is 26.9. The Labute approximate surface area is 128 Å². The number of nitrogens with one attached hydrogen (secondary N) is 1. The lowest BCUT2D eigenvalue weighted by molar-refractivity contribution is -0.139. The molecule has 0 fully saturated rings. The van der Waals surface area contributed by atoms with Gasteiger partial charge >= 0.3 is 12.1 Å². The molecule has 0 saturated carbocycles. The molecule has 0 aliphatic heterocycles. The van der Waals surface area contributed by atoms with Crippen LogP contribution in [0.4, 0.5) is 4.79 Å². The molecule has 7 heteroatoms. The van der Waals surface area contributed by atoms with E-state index >= 15 is 0 Å². The van der Waals surface area contributed by atoms with E-state index in [0.29, 0.717) is 17.1 Å². The summed E-state index contributed by atoms with van der Waals surface area (Å²) in [6.45, 7) is 5.11. The van der Waals surface area contributed by atoms with Crippen molar-refractivity contribution < 1.29 is 19.4 Å². The number of hydrogen-bond donors (Lipinski definition) is 2. The fraction of sp³-hybridized carbons (Fsp3) is 0.500. The van der Waals surface area contributed by atoms with E-state index in [1.165, 1.54) is 0 Å². The molecule has 1 heterocycles. The molecule has 1 rings (SSSR count). The highest BCUT2D eigenvalue weighted by molar-refractivity contribution is 6.31. The first kappa shape index (κ1) is 17.2. The molecule has 0 unspecified atom stereocenters. The summed E-state index contributed by atoms with van der Waals surface area (Å²) in [6, 6.07) is 2.32. The van der Waals surface area contributed by atoms with E-state index < -0.39 is 23.7 Å². The molecule has 0 spiro atoms. The topological polar surface area (TPSA) is 88.5 Å². The van der Waals surface area contributed by atoms with E-state index in [1.54, 1.807) is 39.1 Å². The lowest BCUT2D eigenvalue weighted by Crippen LogP contribution is -2.43. The number of halogens is 1. The minimum absolute atomic E-state index is 0.172. The zero-order valence-electron chi connectivity index (χ0n) is 12.2. The van der Waals surface area contributed by atoms with E-state index in [9.17, 15) is 9.59 Å². The second kappa shape index (κ2) is 7.26. The summed E-state index contributed by atoms with van der Waals surface area (Å²) in [7, 11) is 0. The highest BCUT2D eigenvalue weighted by atomic mass is 35.5. The van der Waals surface area contributed by atoms with E-state index in [2.05, 4.69) is 10.3 Å². The van der Waals surface area contributed by atoms with Crippen molar-refractivity contribution >= 4 is 23.7 Å². The van der Waals surface area contributed by atoms with Crippen molar-refractivity contribution in [2.24, 2.45) is 0 Å². The Hall–Kier alpha value is -1.82. The zero-order chi connectivity index (χ0) is 16.0. The van der Waals surface area contributed by atoms with Gasteiger partial charge in [-0.15, -0.1) is 0 Å². The molecular formula is C14H19ClN2O4. The number of carboxylic acids is 1. The Kier molecular flexibility index (Phi) is 5.96. The van der Waals surface area contributed by atoms with Crippen LogP contribution in [0.1, 0.15) is 32.9 Å². The number of rotatable bonds is 5. The minimum atomic E-state index is -1.13. The molecule has 0 saturated heterocycles. The molecule has 6 nitrogen and oxygen atoms in total. The molecule has 2 N–H and O–H groups in total. The van der Waals surface area contributed by atoms with Crippen molar-refractivity contribution in [1.29, 1.82) is 0 Å². The van der Waals surface area contributed by atoms with Crippen molar-refractivity contribution in [1.82, 2.24) is 10.3 Å². The molecule has 21 heavy (non-hydrogen) atoms. The fourth-order valence-electron chi connectivity index (χ4n) is 1.59. The Balaban J connectivity index is 2.61. The maximum absolute atomic E-state index is 11.6. The number of ether oxygens (including phenoxy) is 1. The number of alkyl carbamates (subject to hydrolysis) is 1. The van der Waals surface area contributed by atoms with Gasteiger partial charge in [0.1, 0.15) is 11.6 Å². The quantitative estimate of drug-likeness (QED) is 0.872. The molecule has 1 aromatic heterocycles. The van der Waals surface area contributed by atoms with E-state index in [0.717, 1.165) is 0 Å². The zero-order valence-corrected chi connectivity index (χ0v) is 13.0. The molecule has 0 radical (unpaired) electrons. The number of hydrogen-bond acceptors (Lipinski definition) is 4. The maximum Gasteiger partial charge on any atom is 0.408 e. The normalized spacial score (nSPS) is 12.6. The van der Waals surface area contributed by atoms with Crippen molar-refractivity contribution in [3.05, 3.63) is 29.0 Å². The summed E-state index contributed by atoms with van der Waals surface area (Å²) in [6.07, 6.45) is 1.33. The Morgan fingerprint density at radius 1 is 1.48 bits per heavy atom. The van der Waals surface area contributed by atoms with Crippen LogP contribution in [0, 0.1) is 0 Å². The van der Waals surface area contributed by atoms with Crippen molar-refractivity contribution in [2.75, 3.05) is 0 Å². The van der Waals surface area contributed by atoms with E-state index in [4.69, 9.17) is 21.4 Å². The molecule has 1 aromatic rings. The number of pyridine rings is 1. The number of carboxylic acid groups (broad SMARTS) is 1. The van der Waals surface area contributed by atoms with Crippen LogP contribution in [0.15, 0.2) is 18.3 Å². The first-order valence-electron chi connectivity index (χ1n) is 6.51. The predicted molar refractivity (Wildman–Crippen MR) is 78.4 cm³/mol. The van der Waals surface area contributed by atoms with Gasteiger partial charge in [0.05, 0.1) is 10.7 Å². The van der Waals surface area contributed by atoms with Gasteiger partial charge in [-0.25, -0.2) is 9.59 Å². The summed E-state index contributed by atoms with van der Waals surface area (Å²) in [5.41, 5.74) is -0.0892. The van der Waals surface area contributed by atoms with Crippen LogP contribution in [-0.2, 0) is 16.0 Å². The number of carbonyl (C=O) groups excluding carboxylic acids is 1. The largest absolute Gasteiger partial charge is 0.480 e. The first-order chi connectivity index (χ1) is 9.69. The maximum atomic E-state index is 11.6. The number of aryl methyl sites for hydroxylation is 1.